The second kappa shape index (κ2) is 8.44. The maximum Gasteiger partial charge on any atom is 0.165 e. The lowest BCUT2D eigenvalue weighted by Gasteiger charge is -2.06. The van der Waals surface area contributed by atoms with Gasteiger partial charge in [0.2, 0.25) is 0 Å². The molecule has 0 aliphatic carbocycles. The summed E-state index contributed by atoms with van der Waals surface area (Å²) in [5.41, 5.74) is 1.22. The number of hydrogen-bond donors (Lipinski definition) is 1. The number of hydrogen-bond acceptors (Lipinski definition) is 4. The van der Waals surface area contributed by atoms with E-state index in [-0.39, 0.29) is 0 Å². The van der Waals surface area contributed by atoms with E-state index in [0.717, 1.165) is 44.2 Å². The summed E-state index contributed by atoms with van der Waals surface area (Å²) >= 11 is 0. The molecule has 1 N–H and O–H groups in total. The van der Waals surface area contributed by atoms with E-state index in [4.69, 9.17) is 9.47 Å². The highest BCUT2D eigenvalue weighted by Gasteiger charge is 2.01. The van der Waals surface area contributed by atoms with E-state index in [1.54, 1.807) is 13.3 Å². The molecular formula is C16H23N3O2. The third-order valence-corrected chi connectivity index (χ3v) is 3.03. The van der Waals surface area contributed by atoms with Crippen LogP contribution in [0.1, 0.15) is 18.9 Å². The van der Waals surface area contributed by atoms with Crippen molar-refractivity contribution in [2.45, 2.75) is 26.4 Å². The predicted octanol–water partition coefficient (Wildman–Crippen LogP) is 2.82. The minimum atomic E-state index is 0.725. The number of aromatic nitrogens is 2. The quantitative estimate of drug-likeness (QED) is 0.721. The summed E-state index contributed by atoms with van der Waals surface area (Å²) in [5, 5.41) is 7.56. The largest absolute Gasteiger partial charge is 0.454 e. The maximum atomic E-state index is 5.78. The van der Waals surface area contributed by atoms with Crippen LogP contribution < -0.4 is 10.1 Å². The minimum Gasteiger partial charge on any atom is -0.454 e. The van der Waals surface area contributed by atoms with Crippen LogP contribution in [0.25, 0.3) is 0 Å². The van der Waals surface area contributed by atoms with Gasteiger partial charge in [-0.3, -0.25) is 4.68 Å². The van der Waals surface area contributed by atoms with Gasteiger partial charge in [0.15, 0.2) is 5.75 Å². The molecule has 0 unspecified atom stereocenters. The summed E-state index contributed by atoms with van der Waals surface area (Å²) in [4.78, 5) is 0. The second-order valence-electron chi connectivity index (χ2n) is 4.85. The van der Waals surface area contributed by atoms with Crippen LogP contribution in [-0.2, 0) is 17.8 Å². The van der Waals surface area contributed by atoms with Crippen molar-refractivity contribution in [2.75, 3.05) is 20.3 Å². The highest BCUT2D eigenvalue weighted by molar-refractivity contribution is 5.31. The molecule has 0 saturated heterocycles. The van der Waals surface area contributed by atoms with Crippen molar-refractivity contribution >= 4 is 0 Å². The molecule has 0 amide bonds. The van der Waals surface area contributed by atoms with Gasteiger partial charge in [-0.1, -0.05) is 19.1 Å². The highest BCUT2D eigenvalue weighted by atomic mass is 16.5. The van der Waals surface area contributed by atoms with Crippen molar-refractivity contribution in [1.82, 2.24) is 15.1 Å². The van der Waals surface area contributed by atoms with Crippen LogP contribution in [0.3, 0.4) is 0 Å². The molecule has 114 valence electrons. The monoisotopic (exact) mass is 289 g/mol. The Balaban J connectivity index is 1.83. The Morgan fingerprint density at radius 3 is 2.71 bits per heavy atom. The number of rotatable bonds is 9. The van der Waals surface area contributed by atoms with E-state index in [0.29, 0.717) is 0 Å². The molecule has 1 heterocycles. The smallest absolute Gasteiger partial charge is 0.165 e. The summed E-state index contributed by atoms with van der Waals surface area (Å²) in [5.74, 6) is 1.60. The van der Waals surface area contributed by atoms with Crippen molar-refractivity contribution < 1.29 is 9.47 Å². The van der Waals surface area contributed by atoms with E-state index >= 15 is 0 Å². The van der Waals surface area contributed by atoms with Crippen LogP contribution >= 0.6 is 0 Å². The summed E-state index contributed by atoms with van der Waals surface area (Å²) in [6.07, 6.45) is 4.73. The van der Waals surface area contributed by atoms with Crippen molar-refractivity contribution in [3.05, 3.63) is 42.2 Å². The molecule has 21 heavy (non-hydrogen) atoms. The number of nitrogens with one attached hydrogen (secondary N) is 1. The minimum absolute atomic E-state index is 0.725. The van der Waals surface area contributed by atoms with Crippen molar-refractivity contribution in [2.24, 2.45) is 0 Å². The third-order valence-electron chi connectivity index (χ3n) is 3.03. The molecule has 2 aromatic rings. The molecule has 0 radical (unpaired) electrons. The SMILES string of the molecule is CCCn1cc(Oc2ccc(CNCCOC)cc2)cn1. The fourth-order valence-electron chi connectivity index (χ4n) is 1.97. The van der Waals surface area contributed by atoms with Gasteiger partial charge in [0.05, 0.1) is 19.0 Å². The molecule has 0 atom stereocenters. The van der Waals surface area contributed by atoms with Gasteiger partial charge in [-0.15, -0.1) is 0 Å². The van der Waals surface area contributed by atoms with Crippen LogP contribution in [0.15, 0.2) is 36.7 Å². The standard InChI is InChI=1S/C16H23N3O2/c1-3-9-19-13-16(12-18-19)21-15-6-4-14(5-7-15)11-17-8-10-20-2/h4-7,12-13,17H,3,8-11H2,1-2H3. The molecule has 1 aromatic heterocycles. The Bertz CT molecular complexity index is 523. The molecule has 5 heteroatoms. The molecule has 0 bridgehead atoms. The molecule has 0 aliphatic rings. The second-order valence-corrected chi connectivity index (χ2v) is 4.85. The molecule has 0 spiro atoms. The van der Waals surface area contributed by atoms with Gasteiger partial charge in [-0.2, -0.15) is 5.10 Å². The molecule has 2 rings (SSSR count). The normalized spacial score (nSPS) is 10.8. The van der Waals surface area contributed by atoms with E-state index in [1.807, 2.05) is 23.0 Å². The van der Waals surface area contributed by atoms with E-state index in [1.165, 1.54) is 5.56 Å². The number of ether oxygens (including phenoxy) is 2. The lowest BCUT2D eigenvalue weighted by molar-refractivity contribution is 0.199. The van der Waals surface area contributed by atoms with Crippen LogP contribution in [-0.4, -0.2) is 30.0 Å². The Morgan fingerprint density at radius 1 is 1.19 bits per heavy atom. The zero-order valence-corrected chi connectivity index (χ0v) is 12.7. The van der Waals surface area contributed by atoms with Gasteiger partial charge < -0.3 is 14.8 Å². The topological polar surface area (TPSA) is 48.3 Å². The average Bonchev–Trinajstić information content (AvgIpc) is 2.93. The van der Waals surface area contributed by atoms with Gasteiger partial charge in [0, 0.05) is 26.7 Å². The number of methoxy groups -OCH3 is 1. The molecule has 0 saturated carbocycles. The first-order chi connectivity index (χ1) is 10.3. The Hall–Kier alpha value is -1.85. The number of nitrogens with zero attached hydrogens (tertiary/aromatic N) is 2. The molecule has 0 fully saturated rings. The first-order valence-electron chi connectivity index (χ1n) is 7.30. The fourth-order valence-corrected chi connectivity index (χ4v) is 1.97. The third kappa shape index (κ3) is 5.21. The van der Waals surface area contributed by atoms with Gasteiger partial charge in [0.25, 0.3) is 0 Å². The highest BCUT2D eigenvalue weighted by Crippen LogP contribution is 2.21. The maximum absolute atomic E-state index is 5.78. The van der Waals surface area contributed by atoms with Crippen molar-refractivity contribution in [3.8, 4) is 11.5 Å². The van der Waals surface area contributed by atoms with Crippen molar-refractivity contribution in [3.63, 3.8) is 0 Å². The van der Waals surface area contributed by atoms with Crippen LogP contribution in [0.5, 0.6) is 11.5 Å². The van der Waals surface area contributed by atoms with Gasteiger partial charge in [0.1, 0.15) is 5.75 Å². The zero-order valence-electron chi connectivity index (χ0n) is 12.7. The summed E-state index contributed by atoms with van der Waals surface area (Å²) in [7, 11) is 1.70. The Labute approximate surface area is 125 Å². The van der Waals surface area contributed by atoms with Crippen LogP contribution in [0, 0.1) is 0 Å². The van der Waals surface area contributed by atoms with Crippen molar-refractivity contribution in [1.29, 1.82) is 0 Å². The number of aryl methyl sites for hydroxylation is 1. The molecule has 0 aliphatic heterocycles. The summed E-state index contributed by atoms with van der Waals surface area (Å²) in [6, 6.07) is 8.08. The predicted molar refractivity (Wildman–Crippen MR) is 82.6 cm³/mol. The van der Waals surface area contributed by atoms with Crippen LogP contribution in [0.4, 0.5) is 0 Å². The summed E-state index contributed by atoms with van der Waals surface area (Å²) in [6.45, 7) is 5.45. The van der Waals surface area contributed by atoms with Gasteiger partial charge >= 0.3 is 0 Å². The Kier molecular flexibility index (Phi) is 6.24. The van der Waals surface area contributed by atoms with Crippen LogP contribution in [0.2, 0.25) is 0 Å². The average molecular weight is 289 g/mol. The lowest BCUT2D eigenvalue weighted by atomic mass is 10.2. The molecule has 5 nitrogen and oxygen atoms in total. The lowest BCUT2D eigenvalue weighted by Crippen LogP contribution is -2.18. The summed E-state index contributed by atoms with van der Waals surface area (Å²) < 4.78 is 12.7. The fraction of sp³-hybridized carbons (Fsp3) is 0.438. The Morgan fingerprint density at radius 2 is 2.00 bits per heavy atom. The molecule has 1 aromatic carbocycles. The van der Waals surface area contributed by atoms with E-state index in [9.17, 15) is 0 Å². The zero-order chi connectivity index (χ0) is 14.9. The first-order valence-corrected chi connectivity index (χ1v) is 7.30. The number of benzene rings is 1. The van der Waals surface area contributed by atoms with Gasteiger partial charge in [-0.25, -0.2) is 0 Å². The molecular weight excluding hydrogens is 266 g/mol. The first kappa shape index (κ1) is 15.5. The van der Waals surface area contributed by atoms with E-state index in [2.05, 4.69) is 29.5 Å². The van der Waals surface area contributed by atoms with Gasteiger partial charge in [-0.05, 0) is 24.1 Å². The van der Waals surface area contributed by atoms with E-state index < -0.39 is 0 Å².